The molecule has 0 saturated carbocycles. The number of hydrogen-bond acceptors (Lipinski definition) is 3. The van der Waals surface area contributed by atoms with Gasteiger partial charge in [-0.05, 0) is 39.0 Å². The molecular weight excluding hydrogens is 290 g/mol. The first-order chi connectivity index (χ1) is 10.4. The van der Waals surface area contributed by atoms with Gasteiger partial charge in [0.15, 0.2) is 5.82 Å². The highest BCUT2D eigenvalue weighted by Crippen LogP contribution is 2.33. The Kier molecular flexibility index (Phi) is 3.24. The highest BCUT2D eigenvalue weighted by Gasteiger charge is 2.21. The zero-order valence-electron chi connectivity index (χ0n) is 12.3. The third kappa shape index (κ3) is 2.16. The minimum Gasteiger partial charge on any atom is -0.508 e. The number of phenols is 1. The summed E-state index contributed by atoms with van der Waals surface area (Å²) in [6, 6.07) is 4.86. The van der Waals surface area contributed by atoms with Gasteiger partial charge in [-0.2, -0.15) is 9.49 Å². The summed E-state index contributed by atoms with van der Waals surface area (Å²) in [4.78, 5) is 0. The van der Waals surface area contributed by atoms with Gasteiger partial charge in [0.2, 0.25) is 0 Å². The van der Waals surface area contributed by atoms with Crippen LogP contribution in [0, 0.1) is 32.6 Å². The van der Waals surface area contributed by atoms with Crippen LogP contribution in [0.2, 0.25) is 0 Å². The molecule has 0 amide bonds. The summed E-state index contributed by atoms with van der Waals surface area (Å²) in [6.45, 7) is 5.01. The molecule has 0 aliphatic rings. The van der Waals surface area contributed by atoms with Crippen molar-refractivity contribution in [3.8, 4) is 22.7 Å². The summed E-state index contributed by atoms with van der Waals surface area (Å²) in [5.41, 5.74) is 2.25. The van der Waals surface area contributed by atoms with Crippen molar-refractivity contribution in [2.45, 2.75) is 20.8 Å². The Labute approximate surface area is 125 Å². The maximum atomic E-state index is 14.1. The quantitative estimate of drug-likeness (QED) is 0.777. The molecule has 3 aromatic rings. The van der Waals surface area contributed by atoms with Gasteiger partial charge in [0.1, 0.15) is 17.2 Å². The number of furan rings is 1. The molecule has 0 fully saturated rings. The molecular formula is C16H14F2N2O2. The second-order valence-corrected chi connectivity index (χ2v) is 5.15. The summed E-state index contributed by atoms with van der Waals surface area (Å²) >= 11 is 0. The Hall–Kier alpha value is -2.63. The van der Waals surface area contributed by atoms with Gasteiger partial charge < -0.3 is 9.52 Å². The summed E-state index contributed by atoms with van der Waals surface area (Å²) in [6.07, 6.45) is 0. The summed E-state index contributed by atoms with van der Waals surface area (Å²) in [5.74, 6) is -0.396. The SMILES string of the molecule is Cc1cc(-c2c(C)oc(F)c2C)n(-c2ccc(O)cc2F)n1. The molecule has 1 aromatic carbocycles. The van der Waals surface area contributed by atoms with E-state index in [1.54, 1.807) is 26.8 Å². The second-order valence-electron chi connectivity index (χ2n) is 5.15. The lowest BCUT2D eigenvalue weighted by atomic mass is 10.1. The standard InChI is InChI=1S/C16H14F2N2O2/c1-8-6-14(15-9(2)16(18)22-10(15)3)20(19-8)13-5-4-11(21)7-12(13)17/h4-7,21H,1-3H3. The first-order valence-electron chi connectivity index (χ1n) is 6.70. The fourth-order valence-corrected chi connectivity index (χ4v) is 2.53. The van der Waals surface area contributed by atoms with Crippen LogP contribution in [-0.4, -0.2) is 14.9 Å². The normalized spacial score (nSPS) is 11.1. The monoisotopic (exact) mass is 304 g/mol. The largest absolute Gasteiger partial charge is 0.508 e. The van der Waals surface area contributed by atoms with Crippen LogP contribution >= 0.6 is 0 Å². The van der Waals surface area contributed by atoms with Crippen LogP contribution in [0.3, 0.4) is 0 Å². The number of aromatic hydroxyl groups is 1. The average Bonchev–Trinajstić information content (AvgIpc) is 2.90. The van der Waals surface area contributed by atoms with E-state index in [4.69, 9.17) is 4.42 Å². The van der Waals surface area contributed by atoms with Crippen LogP contribution in [0.4, 0.5) is 8.78 Å². The molecule has 0 aliphatic heterocycles. The molecule has 2 aromatic heterocycles. The van der Waals surface area contributed by atoms with Crippen LogP contribution in [-0.2, 0) is 0 Å². The van der Waals surface area contributed by atoms with E-state index in [9.17, 15) is 13.9 Å². The van der Waals surface area contributed by atoms with Crippen LogP contribution in [0.25, 0.3) is 16.9 Å². The van der Waals surface area contributed by atoms with Crippen molar-refractivity contribution in [1.82, 2.24) is 9.78 Å². The van der Waals surface area contributed by atoms with E-state index in [1.165, 1.54) is 16.8 Å². The number of halogens is 2. The molecule has 2 heterocycles. The van der Waals surface area contributed by atoms with Crippen molar-refractivity contribution in [1.29, 1.82) is 0 Å². The van der Waals surface area contributed by atoms with Crippen LogP contribution in [0.1, 0.15) is 17.0 Å². The summed E-state index contributed by atoms with van der Waals surface area (Å²) in [7, 11) is 0. The topological polar surface area (TPSA) is 51.2 Å². The second kappa shape index (κ2) is 4.98. The molecule has 0 radical (unpaired) electrons. The van der Waals surface area contributed by atoms with E-state index in [-0.39, 0.29) is 11.4 Å². The van der Waals surface area contributed by atoms with E-state index < -0.39 is 11.8 Å². The molecule has 0 saturated heterocycles. The fraction of sp³-hybridized carbons (Fsp3) is 0.188. The van der Waals surface area contributed by atoms with E-state index in [0.717, 1.165) is 6.07 Å². The van der Waals surface area contributed by atoms with Crippen LogP contribution < -0.4 is 0 Å². The van der Waals surface area contributed by atoms with Crippen molar-refractivity contribution in [2.24, 2.45) is 0 Å². The lowest BCUT2D eigenvalue weighted by Crippen LogP contribution is -2.02. The zero-order valence-corrected chi connectivity index (χ0v) is 12.3. The number of phenolic OH excluding ortho intramolecular Hbond substituents is 1. The minimum absolute atomic E-state index is 0.168. The smallest absolute Gasteiger partial charge is 0.281 e. The molecule has 0 unspecified atom stereocenters. The summed E-state index contributed by atoms with van der Waals surface area (Å²) in [5, 5.41) is 13.6. The van der Waals surface area contributed by atoms with Gasteiger partial charge in [0.05, 0.1) is 11.4 Å². The molecule has 0 atom stereocenters. The Morgan fingerprint density at radius 1 is 1.14 bits per heavy atom. The molecule has 0 aliphatic carbocycles. The van der Waals surface area contributed by atoms with Crippen molar-refractivity contribution < 1.29 is 18.3 Å². The maximum absolute atomic E-state index is 14.1. The lowest BCUT2D eigenvalue weighted by molar-refractivity contribution is 0.342. The van der Waals surface area contributed by atoms with Gasteiger partial charge in [-0.15, -0.1) is 0 Å². The third-order valence-corrected chi connectivity index (χ3v) is 3.51. The van der Waals surface area contributed by atoms with E-state index >= 15 is 0 Å². The minimum atomic E-state index is -0.663. The first kappa shape index (κ1) is 14.3. The molecule has 4 nitrogen and oxygen atoms in total. The predicted octanol–water partition coefficient (Wildman–Crippen LogP) is 4.04. The lowest BCUT2D eigenvalue weighted by Gasteiger charge is -2.09. The van der Waals surface area contributed by atoms with Gasteiger partial charge >= 0.3 is 0 Å². The average molecular weight is 304 g/mol. The van der Waals surface area contributed by atoms with E-state index in [2.05, 4.69) is 5.10 Å². The Bertz CT molecular complexity index is 865. The van der Waals surface area contributed by atoms with Gasteiger partial charge in [0.25, 0.3) is 6.01 Å². The zero-order chi connectivity index (χ0) is 16.0. The van der Waals surface area contributed by atoms with Gasteiger partial charge in [-0.25, -0.2) is 9.07 Å². The molecule has 1 N–H and O–H groups in total. The summed E-state index contributed by atoms with van der Waals surface area (Å²) < 4.78 is 34.2. The molecule has 114 valence electrons. The Balaban J connectivity index is 2.27. The Morgan fingerprint density at radius 2 is 1.86 bits per heavy atom. The predicted molar refractivity (Wildman–Crippen MR) is 77.1 cm³/mol. The third-order valence-electron chi connectivity index (χ3n) is 3.51. The first-order valence-corrected chi connectivity index (χ1v) is 6.70. The van der Waals surface area contributed by atoms with E-state index in [1.807, 2.05) is 0 Å². The van der Waals surface area contributed by atoms with Crippen LogP contribution in [0.15, 0.2) is 28.7 Å². The number of nitrogens with zero attached hydrogens (tertiary/aromatic N) is 2. The highest BCUT2D eigenvalue weighted by molar-refractivity contribution is 5.68. The molecule has 22 heavy (non-hydrogen) atoms. The van der Waals surface area contributed by atoms with Crippen molar-refractivity contribution in [3.63, 3.8) is 0 Å². The number of aromatic nitrogens is 2. The van der Waals surface area contributed by atoms with Gasteiger partial charge in [-0.3, -0.25) is 0 Å². The number of rotatable bonds is 2. The molecule has 6 heteroatoms. The van der Waals surface area contributed by atoms with E-state index in [0.29, 0.717) is 28.3 Å². The maximum Gasteiger partial charge on any atom is 0.281 e. The Morgan fingerprint density at radius 3 is 2.45 bits per heavy atom. The molecule has 0 bridgehead atoms. The van der Waals surface area contributed by atoms with Gasteiger partial charge in [-0.1, -0.05) is 0 Å². The van der Waals surface area contributed by atoms with Crippen LogP contribution in [0.5, 0.6) is 5.75 Å². The number of benzene rings is 1. The van der Waals surface area contributed by atoms with Crippen molar-refractivity contribution >= 4 is 0 Å². The highest BCUT2D eigenvalue weighted by atomic mass is 19.1. The molecule has 3 rings (SSSR count). The number of hydrogen-bond donors (Lipinski definition) is 1. The molecule has 0 spiro atoms. The number of aryl methyl sites for hydroxylation is 2. The van der Waals surface area contributed by atoms with Gasteiger partial charge in [0, 0.05) is 17.2 Å². The fourth-order valence-electron chi connectivity index (χ4n) is 2.53. The van der Waals surface area contributed by atoms with Crippen molar-refractivity contribution in [2.75, 3.05) is 0 Å². The van der Waals surface area contributed by atoms with Crippen molar-refractivity contribution in [3.05, 3.63) is 53.1 Å².